The van der Waals surface area contributed by atoms with E-state index in [1.807, 2.05) is 19.1 Å². The third kappa shape index (κ3) is 3.78. The van der Waals surface area contributed by atoms with Crippen molar-refractivity contribution in [3.63, 3.8) is 0 Å². The molecule has 0 aliphatic carbocycles. The first-order valence-corrected chi connectivity index (χ1v) is 6.45. The molecule has 0 saturated heterocycles. The van der Waals surface area contributed by atoms with Gasteiger partial charge in [-0.25, -0.2) is 8.78 Å². The number of nitrogens with one attached hydrogen (secondary N) is 1. The van der Waals surface area contributed by atoms with Gasteiger partial charge in [0.05, 0.1) is 0 Å². The van der Waals surface area contributed by atoms with Crippen molar-refractivity contribution in [2.75, 3.05) is 5.32 Å². The SMILES string of the molecule is Cc1ccc(O[C@H](C)C(=O)Nc2c(F)cccc2F)cc1. The Bertz CT molecular complexity index is 621. The first-order valence-electron chi connectivity index (χ1n) is 6.45. The van der Waals surface area contributed by atoms with Gasteiger partial charge >= 0.3 is 0 Å². The number of rotatable bonds is 4. The van der Waals surface area contributed by atoms with Crippen LogP contribution in [-0.4, -0.2) is 12.0 Å². The first kappa shape index (κ1) is 15.0. The molecule has 1 N–H and O–H groups in total. The van der Waals surface area contributed by atoms with Gasteiger partial charge in [-0.05, 0) is 38.1 Å². The van der Waals surface area contributed by atoms with Crippen molar-refractivity contribution in [3.8, 4) is 5.75 Å². The second-order valence-electron chi connectivity index (χ2n) is 4.66. The Balaban J connectivity index is 2.04. The van der Waals surface area contributed by atoms with E-state index >= 15 is 0 Å². The van der Waals surface area contributed by atoms with Gasteiger partial charge in [0.15, 0.2) is 6.10 Å². The van der Waals surface area contributed by atoms with Crippen molar-refractivity contribution in [1.29, 1.82) is 0 Å². The van der Waals surface area contributed by atoms with Crippen LogP contribution >= 0.6 is 0 Å². The molecule has 0 heterocycles. The molecular weight excluding hydrogens is 276 g/mol. The van der Waals surface area contributed by atoms with Gasteiger partial charge in [0, 0.05) is 0 Å². The zero-order valence-electron chi connectivity index (χ0n) is 11.7. The first-order chi connectivity index (χ1) is 9.97. The number of para-hydroxylation sites is 1. The number of amides is 1. The van der Waals surface area contributed by atoms with E-state index in [-0.39, 0.29) is 0 Å². The van der Waals surface area contributed by atoms with E-state index in [0.717, 1.165) is 17.7 Å². The van der Waals surface area contributed by atoms with Gasteiger partial charge in [0.25, 0.3) is 5.91 Å². The highest BCUT2D eigenvalue weighted by Gasteiger charge is 2.18. The normalized spacial score (nSPS) is 11.8. The number of hydrogen-bond donors (Lipinski definition) is 1. The van der Waals surface area contributed by atoms with Gasteiger partial charge in [-0.15, -0.1) is 0 Å². The Morgan fingerprint density at radius 3 is 2.24 bits per heavy atom. The summed E-state index contributed by atoms with van der Waals surface area (Å²) in [5, 5.41) is 2.20. The fourth-order valence-corrected chi connectivity index (χ4v) is 1.72. The average molecular weight is 291 g/mol. The Morgan fingerprint density at radius 1 is 1.10 bits per heavy atom. The summed E-state index contributed by atoms with van der Waals surface area (Å²) >= 11 is 0. The van der Waals surface area contributed by atoms with Gasteiger partial charge < -0.3 is 10.1 Å². The van der Waals surface area contributed by atoms with E-state index in [1.165, 1.54) is 13.0 Å². The second kappa shape index (κ2) is 6.35. The number of benzene rings is 2. The van der Waals surface area contributed by atoms with Gasteiger partial charge in [-0.1, -0.05) is 23.8 Å². The molecule has 0 radical (unpaired) electrons. The summed E-state index contributed by atoms with van der Waals surface area (Å²) < 4.78 is 32.3. The molecule has 0 aromatic heterocycles. The minimum Gasteiger partial charge on any atom is -0.481 e. The maximum atomic E-state index is 13.4. The summed E-state index contributed by atoms with van der Waals surface area (Å²) in [5.74, 6) is -1.77. The quantitative estimate of drug-likeness (QED) is 0.933. The summed E-state index contributed by atoms with van der Waals surface area (Å²) in [4.78, 5) is 11.9. The number of aryl methyl sites for hydroxylation is 1. The van der Waals surface area contributed by atoms with Crippen molar-refractivity contribution in [2.24, 2.45) is 0 Å². The largest absolute Gasteiger partial charge is 0.481 e. The van der Waals surface area contributed by atoms with Crippen LogP contribution in [0.25, 0.3) is 0 Å². The zero-order chi connectivity index (χ0) is 15.4. The molecule has 21 heavy (non-hydrogen) atoms. The smallest absolute Gasteiger partial charge is 0.265 e. The van der Waals surface area contributed by atoms with Crippen LogP contribution in [0.2, 0.25) is 0 Å². The van der Waals surface area contributed by atoms with Gasteiger partial charge in [-0.3, -0.25) is 4.79 Å². The summed E-state index contributed by atoms with van der Waals surface area (Å²) in [5.41, 5.74) is 0.592. The molecule has 0 bridgehead atoms. The van der Waals surface area contributed by atoms with E-state index in [0.29, 0.717) is 5.75 Å². The van der Waals surface area contributed by atoms with E-state index in [9.17, 15) is 13.6 Å². The Labute approximate surface area is 121 Å². The van der Waals surface area contributed by atoms with Gasteiger partial charge in [0.1, 0.15) is 23.1 Å². The minimum absolute atomic E-state index is 0.471. The summed E-state index contributed by atoms with van der Waals surface area (Å²) in [7, 11) is 0. The second-order valence-corrected chi connectivity index (χ2v) is 4.66. The molecule has 0 aliphatic rings. The molecular formula is C16H15F2NO2. The number of halogens is 2. The van der Waals surface area contributed by atoms with Crippen LogP contribution < -0.4 is 10.1 Å². The maximum Gasteiger partial charge on any atom is 0.265 e. The van der Waals surface area contributed by atoms with E-state index in [4.69, 9.17) is 4.74 Å². The van der Waals surface area contributed by atoms with Crippen LogP contribution in [0, 0.1) is 18.6 Å². The number of hydrogen-bond acceptors (Lipinski definition) is 2. The van der Waals surface area contributed by atoms with Crippen molar-refractivity contribution in [3.05, 3.63) is 59.7 Å². The average Bonchev–Trinajstić information content (AvgIpc) is 2.45. The molecule has 0 unspecified atom stereocenters. The number of anilines is 1. The summed E-state index contributed by atoms with van der Waals surface area (Å²) in [6, 6.07) is 10.5. The van der Waals surface area contributed by atoms with Crippen LogP contribution in [0.5, 0.6) is 5.75 Å². The summed E-state index contributed by atoms with van der Waals surface area (Å²) in [6.07, 6.45) is -0.883. The molecule has 0 saturated carbocycles. The third-order valence-electron chi connectivity index (χ3n) is 2.91. The molecule has 2 rings (SSSR count). The van der Waals surface area contributed by atoms with Gasteiger partial charge in [0.2, 0.25) is 0 Å². The molecule has 3 nitrogen and oxygen atoms in total. The molecule has 0 spiro atoms. The Morgan fingerprint density at radius 2 is 1.67 bits per heavy atom. The van der Waals surface area contributed by atoms with Crippen molar-refractivity contribution >= 4 is 11.6 Å². The van der Waals surface area contributed by atoms with E-state index in [2.05, 4.69) is 5.32 Å². The Hall–Kier alpha value is -2.43. The fraction of sp³-hybridized carbons (Fsp3) is 0.188. The predicted octanol–water partition coefficient (Wildman–Crippen LogP) is 3.68. The lowest BCUT2D eigenvalue weighted by molar-refractivity contribution is -0.122. The molecule has 0 aliphatic heterocycles. The highest BCUT2D eigenvalue weighted by molar-refractivity contribution is 5.94. The fourth-order valence-electron chi connectivity index (χ4n) is 1.72. The molecule has 5 heteroatoms. The highest BCUT2D eigenvalue weighted by atomic mass is 19.1. The molecule has 110 valence electrons. The molecule has 2 aromatic carbocycles. The summed E-state index contributed by atoms with van der Waals surface area (Å²) in [6.45, 7) is 3.44. The van der Waals surface area contributed by atoms with Crippen molar-refractivity contribution < 1.29 is 18.3 Å². The lowest BCUT2D eigenvalue weighted by Crippen LogP contribution is -2.30. The lowest BCUT2D eigenvalue weighted by atomic mass is 10.2. The van der Waals surface area contributed by atoms with Gasteiger partial charge in [-0.2, -0.15) is 0 Å². The maximum absolute atomic E-state index is 13.4. The highest BCUT2D eigenvalue weighted by Crippen LogP contribution is 2.19. The molecule has 1 atom stereocenters. The zero-order valence-corrected chi connectivity index (χ0v) is 11.7. The minimum atomic E-state index is -0.883. The van der Waals surface area contributed by atoms with Crippen molar-refractivity contribution in [2.45, 2.75) is 20.0 Å². The predicted molar refractivity (Wildman–Crippen MR) is 76.3 cm³/mol. The number of carbonyl (C=O) groups excluding carboxylic acids is 1. The Kier molecular flexibility index (Phi) is 4.52. The molecule has 2 aromatic rings. The monoisotopic (exact) mass is 291 g/mol. The standard InChI is InChI=1S/C16H15F2NO2/c1-10-6-8-12(9-7-10)21-11(2)16(20)19-15-13(17)4-3-5-14(15)18/h3-9,11H,1-2H3,(H,19,20)/t11-/m1/s1. The van der Waals surface area contributed by atoms with Crippen molar-refractivity contribution in [1.82, 2.24) is 0 Å². The molecule has 1 amide bonds. The van der Waals surface area contributed by atoms with E-state index < -0.39 is 29.3 Å². The van der Waals surface area contributed by atoms with Crippen LogP contribution in [-0.2, 0) is 4.79 Å². The number of carbonyl (C=O) groups is 1. The third-order valence-corrected chi connectivity index (χ3v) is 2.91. The van der Waals surface area contributed by atoms with E-state index in [1.54, 1.807) is 12.1 Å². The van der Waals surface area contributed by atoms with Crippen LogP contribution in [0.15, 0.2) is 42.5 Å². The topological polar surface area (TPSA) is 38.3 Å². The van der Waals surface area contributed by atoms with Crippen LogP contribution in [0.3, 0.4) is 0 Å². The number of ether oxygens (including phenoxy) is 1. The molecule has 0 fully saturated rings. The van der Waals surface area contributed by atoms with Crippen LogP contribution in [0.4, 0.5) is 14.5 Å². The lowest BCUT2D eigenvalue weighted by Gasteiger charge is -2.15. The van der Waals surface area contributed by atoms with Crippen LogP contribution in [0.1, 0.15) is 12.5 Å².